The van der Waals surface area contributed by atoms with E-state index < -0.39 is 11.6 Å². The van der Waals surface area contributed by atoms with Crippen molar-refractivity contribution in [3.63, 3.8) is 0 Å². The van der Waals surface area contributed by atoms with Gasteiger partial charge < -0.3 is 10.6 Å². The summed E-state index contributed by atoms with van der Waals surface area (Å²) in [6.07, 6.45) is 7.78. The molecule has 3 aromatic rings. The lowest BCUT2D eigenvalue weighted by Gasteiger charge is -2.28. The number of carbonyl (C=O) groups is 2. The van der Waals surface area contributed by atoms with Gasteiger partial charge >= 0.3 is 6.03 Å². The van der Waals surface area contributed by atoms with Crippen molar-refractivity contribution in [2.75, 3.05) is 11.4 Å². The molecule has 0 spiro atoms. The minimum absolute atomic E-state index is 0.0214. The van der Waals surface area contributed by atoms with Gasteiger partial charge in [-0.2, -0.15) is 0 Å². The third kappa shape index (κ3) is 8.81. The summed E-state index contributed by atoms with van der Waals surface area (Å²) in [6.45, 7) is 2.73. The van der Waals surface area contributed by atoms with E-state index in [2.05, 4.69) is 17.6 Å². The highest BCUT2D eigenvalue weighted by molar-refractivity contribution is 7.99. The van der Waals surface area contributed by atoms with E-state index in [4.69, 9.17) is 0 Å². The molecule has 3 aromatic carbocycles. The molecule has 1 saturated carbocycles. The average molecular weight is 566 g/mol. The Hall–Kier alpha value is -3.39. The number of amides is 3. The van der Waals surface area contributed by atoms with Crippen LogP contribution in [0.3, 0.4) is 0 Å². The first-order chi connectivity index (χ1) is 19.4. The molecule has 5 nitrogen and oxygen atoms in total. The van der Waals surface area contributed by atoms with Crippen LogP contribution in [0, 0.1) is 11.6 Å². The first-order valence-electron chi connectivity index (χ1n) is 14.1. The highest BCUT2D eigenvalue weighted by Crippen LogP contribution is 2.30. The summed E-state index contributed by atoms with van der Waals surface area (Å²) in [6, 6.07) is 19.1. The fraction of sp³-hybridized carbons (Fsp3) is 0.375. The quantitative estimate of drug-likeness (QED) is 0.251. The predicted molar refractivity (Wildman–Crippen MR) is 157 cm³/mol. The molecule has 0 radical (unpaired) electrons. The largest absolute Gasteiger partial charge is 0.352 e. The van der Waals surface area contributed by atoms with Gasteiger partial charge in [-0.25, -0.2) is 13.6 Å². The minimum atomic E-state index is -0.551. The molecule has 2 N–H and O–H groups in total. The SMILES string of the molecule is CCCCN(C(=O)NC1CCCCC1)c1ccc(Sc2cccc(CC(=O)NCc3cc(F)ccc3F)c2)cc1. The molecular weight excluding hydrogens is 528 g/mol. The van der Waals surface area contributed by atoms with Crippen molar-refractivity contribution < 1.29 is 18.4 Å². The summed E-state index contributed by atoms with van der Waals surface area (Å²) < 4.78 is 27.2. The average Bonchev–Trinajstić information content (AvgIpc) is 2.95. The third-order valence-electron chi connectivity index (χ3n) is 7.04. The van der Waals surface area contributed by atoms with E-state index in [1.54, 1.807) is 11.8 Å². The maximum atomic E-state index is 13.8. The minimum Gasteiger partial charge on any atom is -0.352 e. The number of anilines is 1. The van der Waals surface area contributed by atoms with Gasteiger partial charge in [-0.3, -0.25) is 9.69 Å². The monoisotopic (exact) mass is 565 g/mol. The lowest BCUT2D eigenvalue weighted by molar-refractivity contribution is -0.120. The molecule has 0 unspecified atom stereocenters. The van der Waals surface area contributed by atoms with Crippen LogP contribution in [0.4, 0.5) is 19.3 Å². The number of carbonyl (C=O) groups excluding carboxylic acids is 2. The van der Waals surface area contributed by atoms with Crippen LogP contribution >= 0.6 is 11.8 Å². The highest BCUT2D eigenvalue weighted by atomic mass is 32.2. The van der Waals surface area contributed by atoms with E-state index in [0.717, 1.165) is 64.9 Å². The second-order valence-electron chi connectivity index (χ2n) is 10.2. The molecule has 4 rings (SSSR count). The lowest BCUT2D eigenvalue weighted by Crippen LogP contribution is -2.46. The molecule has 0 heterocycles. The van der Waals surface area contributed by atoms with Gasteiger partial charge in [-0.1, -0.05) is 56.5 Å². The first kappa shape index (κ1) is 29.6. The van der Waals surface area contributed by atoms with E-state index in [0.29, 0.717) is 6.54 Å². The molecule has 8 heteroatoms. The molecule has 1 aliphatic carbocycles. The molecule has 0 atom stereocenters. The number of halogens is 2. The van der Waals surface area contributed by atoms with Crippen LogP contribution in [-0.4, -0.2) is 24.5 Å². The number of hydrogen-bond acceptors (Lipinski definition) is 3. The van der Waals surface area contributed by atoms with Crippen molar-refractivity contribution in [3.8, 4) is 0 Å². The fourth-order valence-corrected chi connectivity index (χ4v) is 5.73. The van der Waals surface area contributed by atoms with E-state index in [9.17, 15) is 18.4 Å². The Labute approximate surface area is 239 Å². The topological polar surface area (TPSA) is 61.4 Å². The second kappa shape index (κ2) is 14.8. The normalized spacial score (nSPS) is 13.6. The summed E-state index contributed by atoms with van der Waals surface area (Å²) in [7, 11) is 0. The molecule has 0 bridgehead atoms. The molecular formula is C32H37F2N3O2S. The summed E-state index contributed by atoms with van der Waals surface area (Å²) in [5, 5.41) is 5.90. The van der Waals surface area contributed by atoms with Crippen LogP contribution < -0.4 is 15.5 Å². The summed E-state index contributed by atoms with van der Waals surface area (Å²) in [5.74, 6) is -1.36. The van der Waals surface area contributed by atoms with Crippen molar-refractivity contribution in [2.45, 2.75) is 80.7 Å². The zero-order valence-corrected chi connectivity index (χ0v) is 23.7. The van der Waals surface area contributed by atoms with Gasteiger partial charge in [-0.05, 0) is 79.4 Å². The van der Waals surface area contributed by atoms with E-state index >= 15 is 0 Å². The highest BCUT2D eigenvalue weighted by Gasteiger charge is 2.21. The van der Waals surface area contributed by atoms with Gasteiger partial charge in [0.25, 0.3) is 0 Å². The summed E-state index contributed by atoms with van der Waals surface area (Å²) >= 11 is 1.58. The third-order valence-corrected chi connectivity index (χ3v) is 8.04. The smallest absolute Gasteiger partial charge is 0.322 e. The molecule has 1 aliphatic rings. The van der Waals surface area contributed by atoms with Crippen LogP contribution in [0.25, 0.3) is 0 Å². The predicted octanol–water partition coefficient (Wildman–Crippen LogP) is 7.62. The first-order valence-corrected chi connectivity index (χ1v) is 14.9. The number of nitrogens with one attached hydrogen (secondary N) is 2. The van der Waals surface area contributed by atoms with Crippen molar-refractivity contribution in [1.82, 2.24) is 10.6 Å². The molecule has 0 aliphatic heterocycles. The Balaban J connectivity index is 1.34. The van der Waals surface area contributed by atoms with Crippen molar-refractivity contribution in [3.05, 3.63) is 89.5 Å². The van der Waals surface area contributed by atoms with Gasteiger partial charge in [0, 0.05) is 40.2 Å². The van der Waals surface area contributed by atoms with Gasteiger partial charge in [0.05, 0.1) is 6.42 Å². The van der Waals surface area contributed by atoms with Crippen LogP contribution in [0.5, 0.6) is 0 Å². The summed E-state index contributed by atoms with van der Waals surface area (Å²) in [4.78, 5) is 29.4. The molecule has 1 fully saturated rings. The standard InChI is InChI=1S/C32H37F2N3O2S/c1-2-3-18-37(32(39)36-26-9-5-4-6-10-26)27-13-15-28(16-14-27)40-29-11-7-8-23(19-29)20-31(38)35-22-24-21-25(33)12-17-30(24)34/h7-8,11-17,19,21,26H,2-6,9-10,18,20,22H2,1H3,(H,35,38)(H,36,39). The van der Waals surface area contributed by atoms with E-state index in [1.165, 1.54) is 19.3 Å². The van der Waals surface area contributed by atoms with Gasteiger partial charge in [0.15, 0.2) is 0 Å². The molecule has 0 saturated heterocycles. The Morgan fingerprint density at radius 1 is 0.950 bits per heavy atom. The van der Waals surface area contributed by atoms with Crippen molar-refractivity contribution >= 4 is 29.4 Å². The van der Waals surface area contributed by atoms with E-state index in [1.807, 2.05) is 53.4 Å². The number of rotatable bonds is 11. The Kier molecular flexibility index (Phi) is 11.0. The number of unbranched alkanes of at least 4 members (excludes halogenated alkanes) is 1. The van der Waals surface area contributed by atoms with Crippen LogP contribution in [0.1, 0.15) is 63.0 Å². The Bertz CT molecular complexity index is 1280. The van der Waals surface area contributed by atoms with Crippen molar-refractivity contribution in [2.24, 2.45) is 0 Å². The number of hydrogen-bond donors (Lipinski definition) is 2. The summed E-state index contributed by atoms with van der Waals surface area (Å²) in [5.41, 5.74) is 1.82. The molecule has 3 amide bonds. The zero-order chi connectivity index (χ0) is 28.3. The van der Waals surface area contributed by atoms with E-state index in [-0.39, 0.29) is 36.5 Å². The Morgan fingerprint density at radius 2 is 1.73 bits per heavy atom. The van der Waals surface area contributed by atoms with Gasteiger partial charge in [0.1, 0.15) is 11.6 Å². The number of urea groups is 1. The fourth-order valence-electron chi connectivity index (χ4n) is 4.83. The maximum absolute atomic E-state index is 13.8. The van der Waals surface area contributed by atoms with Crippen LogP contribution in [0.2, 0.25) is 0 Å². The second-order valence-corrected chi connectivity index (χ2v) is 11.4. The maximum Gasteiger partial charge on any atom is 0.322 e. The Morgan fingerprint density at radius 3 is 2.48 bits per heavy atom. The van der Waals surface area contributed by atoms with Crippen molar-refractivity contribution in [1.29, 1.82) is 0 Å². The number of benzene rings is 3. The van der Waals surface area contributed by atoms with Gasteiger partial charge in [-0.15, -0.1) is 0 Å². The van der Waals surface area contributed by atoms with Crippen LogP contribution in [0.15, 0.2) is 76.5 Å². The molecule has 0 aromatic heterocycles. The molecule has 212 valence electrons. The van der Waals surface area contributed by atoms with Crippen LogP contribution in [-0.2, 0) is 17.8 Å². The zero-order valence-electron chi connectivity index (χ0n) is 22.9. The lowest BCUT2D eigenvalue weighted by atomic mass is 9.96. The molecule has 40 heavy (non-hydrogen) atoms. The number of nitrogens with zero attached hydrogens (tertiary/aromatic N) is 1. The van der Waals surface area contributed by atoms with Gasteiger partial charge in [0.2, 0.25) is 5.91 Å².